The van der Waals surface area contributed by atoms with Crippen LogP contribution >= 0.6 is 11.8 Å². The van der Waals surface area contributed by atoms with Crippen molar-refractivity contribution in [2.45, 2.75) is 9.79 Å². The minimum Gasteiger partial charge on any atom is -0.321 e. The Hall–Kier alpha value is -3.12. The van der Waals surface area contributed by atoms with Gasteiger partial charge in [0.25, 0.3) is 11.8 Å². The minimum atomic E-state index is -0.275. The van der Waals surface area contributed by atoms with Crippen molar-refractivity contribution in [1.29, 1.82) is 0 Å². The van der Waals surface area contributed by atoms with Gasteiger partial charge in [-0.15, -0.1) is 0 Å². The van der Waals surface area contributed by atoms with Gasteiger partial charge in [0.1, 0.15) is 5.82 Å². The van der Waals surface area contributed by atoms with Crippen molar-refractivity contribution in [3.8, 4) is 0 Å². The Labute approximate surface area is 148 Å². The molecule has 2 aromatic carbocycles. The molecule has 1 aliphatic heterocycles. The van der Waals surface area contributed by atoms with Crippen LogP contribution in [0.5, 0.6) is 0 Å². The largest absolute Gasteiger partial charge is 0.321 e. The molecule has 0 spiro atoms. The molecule has 3 aromatic rings. The number of benzene rings is 2. The fraction of sp³-hybridized carbons (Fsp3) is 0. The predicted molar refractivity (Wildman–Crippen MR) is 97.2 cm³/mol. The summed E-state index contributed by atoms with van der Waals surface area (Å²) in [6.45, 7) is 0. The summed E-state index contributed by atoms with van der Waals surface area (Å²) in [6, 6.07) is 18.0. The van der Waals surface area contributed by atoms with E-state index in [2.05, 4.69) is 15.6 Å². The van der Waals surface area contributed by atoms with Crippen LogP contribution in [0, 0.1) is 0 Å². The van der Waals surface area contributed by atoms with E-state index in [-0.39, 0.29) is 11.8 Å². The van der Waals surface area contributed by atoms with Gasteiger partial charge in [-0.05, 0) is 42.5 Å². The van der Waals surface area contributed by atoms with Crippen molar-refractivity contribution < 1.29 is 9.59 Å². The third-order valence-corrected chi connectivity index (χ3v) is 4.90. The molecule has 2 N–H and O–H groups in total. The summed E-state index contributed by atoms with van der Waals surface area (Å²) >= 11 is 1.50. The van der Waals surface area contributed by atoms with Crippen LogP contribution in [0.15, 0.2) is 76.7 Å². The van der Waals surface area contributed by atoms with E-state index in [1.165, 1.54) is 11.8 Å². The second-order valence-electron chi connectivity index (χ2n) is 5.43. The highest BCUT2D eigenvalue weighted by atomic mass is 32.2. The molecule has 0 bridgehead atoms. The van der Waals surface area contributed by atoms with Crippen molar-refractivity contribution in [3.05, 3.63) is 78.0 Å². The molecular weight excluding hydrogens is 334 g/mol. The molecule has 0 aliphatic carbocycles. The Kier molecular flexibility index (Phi) is 3.95. The fourth-order valence-electron chi connectivity index (χ4n) is 2.53. The Morgan fingerprint density at radius 1 is 1.00 bits per heavy atom. The molecule has 1 aliphatic rings. The maximum atomic E-state index is 12.4. The number of carbonyl (C=O) groups is 2. The van der Waals surface area contributed by atoms with Gasteiger partial charge < -0.3 is 10.6 Å². The average molecular weight is 347 g/mol. The minimum absolute atomic E-state index is 0.177. The van der Waals surface area contributed by atoms with Gasteiger partial charge in [-0.1, -0.05) is 30.0 Å². The van der Waals surface area contributed by atoms with Crippen molar-refractivity contribution >= 4 is 35.1 Å². The molecule has 2 heterocycles. The summed E-state index contributed by atoms with van der Waals surface area (Å²) in [6.07, 6.45) is 1.61. The number of nitrogens with zero attached hydrogens (tertiary/aromatic N) is 1. The first-order chi connectivity index (χ1) is 12.2. The topological polar surface area (TPSA) is 71.1 Å². The maximum absolute atomic E-state index is 12.4. The molecule has 0 saturated carbocycles. The summed E-state index contributed by atoms with van der Waals surface area (Å²) in [4.78, 5) is 30.7. The number of rotatable bonds is 2. The zero-order valence-corrected chi connectivity index (χ0v) is 13.8. The zero-order chi connectivity index (χ0) is 17.2. The van der Waals surface area contributed by atoms with E-state index in [1.807, 2.05) is 24.3 Å². The first kappa shape index (κ1) is 15.4. The lowest BCUT2D eigenvalue weighted by Gasteiger charge is -2.09. The highest BCUT2D eigenvalue weighted by Gasteiger charge is 2.20. The van der Waals surface area contributed by atoms with Crippen LogP contribution < -0.4 is 10.6 Å². The number of hydrogen-bond donors (Lipinski definition) is 2. The summed E-state index contributed by atoms with van der Waals surface area (Å²) in [5, 5.41) is 5.62. The second-order valence-corrected chi connectivity index (χ2v) is 6.52. The van der Waals surface area contributed by atoms with Crippen molar-refractivity contribution in [3.63, 3.8) is 0 Å². The molecule has 6 heteroatoms. The number of pyridine rings is 1. The van der Waals surface area contributed by atoms with Gasteiger partial charge in [-0.2, -0.15) is 0 Å². The van der Waals surface area contributed by atoms with E-state index in [0.717, 1.165) is 9.79 Å². The van der Waals surface area contributed by atoms with Gasteiger partial charge in [0, 0.05) is 21.6 Å². The first-order valence-electron chi connectivity index (χ1n) is 7.65. The molecule has 0 saturated heterocycles. The maximum Gasteiger partial charge on any atom is 0.256 e. The van der Waals surface area contributed by atoms with Gasteiger partial charge in [0.15, 0.2) is 0 Å². The molecule has 25 heavy (non-hydrogen) atoms. The number of anilines is 2. The Bertz CT molecular complexity index is 973. The van der Waals surface area contributed by atoms with E-state index in [1.54, 1.807) is 42.6 Å². The monoisotopic (exact) mass is 347 g/mol. The quantitative estimate of drug-likeness (QED) is 0.734. The fourth-order valence-corrected chi connectivity index (χ4v) is 3.54. The summed E-state index contributed by atoms with van der Waals surface area (Å²) in [5.41, 5.74) is 1.71. The van der Waals surface area contributed by atoms with Gasteiger partial charge in [0.05, 0.1) is 11.3 Å². The first-order valence-corrected chi connectivity index (χ1v) is 8.47. The van der Waals surface area contributed by atoms with Gasteiger partial charge in [-0.25, -0.2) is 4.98 Å². The lowest BCUT2D eigenvalue weighted by Crippen LogP contribution is -2.15. The number of hydrogen-bond acceptors (Lipinski definition) is 4. The normalized spacial score (nSPS) is 12.4. The smallest absolute Gasteiger partial charge is 0.256 e. The van der Waals surface area contributed by atoms with Crippen LogP contribution in [-0.2, 0) is 0 Å². The standard InChI is InChI=1S/C19H13N3O2S/c23-18(22-17-7-3-4-10-20-17)12-8-9-16-14(11-12)21-19(24)13-5-1-2-6-15(13)25-16/h1-11H,(H,21,24)(H,20,22,23). The molecule has 0 radical (unpaired) electrons. The van der Waals surface area contributed by atoms with Gasteiger partial charge in [-0.3, -0.25) is 9.59 Å². The third kappa shape index (κ3) is 3.12. The average Bonchev–Trinajstić information content (AvgIpc) is 2.78. The lowest BCUT2D eigenvalue weighted by molar-refractivity contribution is 0.101. The Morgan fingerprint density at radius 2 is 1.84 bits per heavy atom. The van der Waals surface area contributed by atoms with Crippen LogP contribution in [-0.4, -0.2) is 16.8 Å². The molecule has 1 aromatic heterocycles. The molecule has 122 valence electrons. The SMILES string of the molecule is O=C(Nc1ccccn1)c1ccc2c(c1)NC(=O)c1ccccc1S2. The van der Waals surface area contributed by atoms with Crippen LogP contribution in [0.2, 0.25) is 0 Å². The van der Waals surface area contributed by atoms with Crippen molar-refractivity contribution in [2.24, 2.45) is 0 Å². The van der Waals surface area contributed by atoms with Crippen LogP contribution in [0.4, 0.5) is 11.5 Å². The van der Waals surface area contributed by atoms with E-state index in [4.69, 9.17) is 0 Å². The molecule has 0 unspecified atom stereocenters. The van der Waals surface area contributed by atoms with E-state index >= 15 is 0 Å². The van der Waals surface area contributed by atoms with Crippen LogP contribution in [0.3, 0.4) is 0 Å². The molecule has 5 nitrogen and oxygen atoms in total. The van der Waals surface area contributed by atoms with E-state index in [0.29, 0.717) is 22.6 Å². The number of carbonyl (C=O) groups excluding carboxylic acids is 2. The zero-order valence-electron chi connectivity index (χ0n) is 13.0. The summed E-state index contributed by atoms with van der Waals surface area (Å²) in [7, 11) is 0. The molecule has 4 rings (SSSR count). The highest BCUT2D eigenvalue weighted by molar-refractivity contribution is 7.99. The van der Waals surface area contributed by atoms with E-state index in [9.17, 15) is 9.59 Å². The van der Waals surface area contributed by atoms with Gasteiger partial charge >= 0.3 is 0 Å². The summed E-state index contributed by atoms with van der Waals surface area (Å²) in [5.74, 6) is 0.0277. The number of fused-ring (bicyclic) bond motifs is 2. The molecule has 0 fully saturated rings. The third-order valence-electron chi connectivity index (χ3n) is 3.75. The lowest BCUT2D eigenvalue weighted by atomic mass is 10.1. The van der Waals surface area contributed by atoms with Crippen LogP contribution in [0.1, 0.15) is 20.7 Å². The number of amides is 2. The Balaban J connectivity index is 1.64. The van der Waals surface area contributed by atoms with Gasteiger partial charge in [0.2, 0.25) is 0 Å². The molecule has 2 amide bonds. The van der Waals surface area contributed by atoms with Crippen molar-refractivity contribution in [2.75, 3.05) is 10.6 Å². The Morgan fingerprint density at radius 3 is 2.68 bits per heavy atom. The second kappa shape index (κ2) is 6.41. The predicted octanol–water partition coefficient (Wildman–Crippen LogP) is 4.05. The molecule has 0 atom stereocenters. The highest BCUT2D eigenvalue weighted by Crippen LogP contribution is 2.39. The summed E-state index contributed by atoms with van der Waals surface area (Å²) < 4.78 is 0. The number of nitrogens with one attached hydrogen (secondary N) is 2. The number of aromatic nitrogens is 1. The van der Waals surface area contributed by atoms with Crippen molar-refractivity contribution in [1.82, 2.24) is 4.98 Å². The van der Waals surface area contributed by atoms with Crippen LogP contribution in [0.25, 0.3) is 0 Å². The molecular formula is C19H13N3O2S. The van der Waals surface area contributed by atoms with E-state index < -0.39 is 0 Å².